The number of methoxy groups -OCH3 is 1. The van der Waals surface area contributed by atoms with Crippen LogP contribution in [0, 0.1) is 0 Å². The summed E-state index contributed by atoms with van der Waals surface area (Å²) in [7, 11) is 1.45. The summed E-state index contributed by atoms with van der Waals surface area (Å²) >= 11 is 0. The predicted molar refractivity (Wildman–Crippen MR) is 117 cm³/mol. The molecule has 178 valence electrons. The maximum atomic E-state index is 13.2. The first-order valence-corrected chi connectivity index (χ1v) is 10.5. The van der Waals surface area contributed by atoms with E-state index in [1.807, 2.05) is 0 Å². The molecule has 1 N–H and O–H groups in total. The molecule has 33 heavy (non-hydrogen) atoms. The van der Waals surface area contributed by atoms with E-state index in [0.29, 0.717) is 42.0 Å². The maximum Gasteiger partial charge on any atom is 0.416 e. The molecule has 0 radical (unpaired) electrons. The number of carbonyl (C=O) groups is 2. The smallest absolute Gasteiger partial charge is 0.416 e. The Hall–Kier alpha value is -3.23. The average molecular weight is 464 g/mol. The number of alkyl carbamates (subject to hydrolysis) is 1. The molecule has 1 aliphatic rings. The molecule has 0 unspecified atom stereocenters. The lowest BCUT2D eigenvalue weighted by Gasteiger charge is -2.22. The van der Waals surface area contributed by atoms with Crippen molar-refractivity contribution in [1.29, 1.82) is 0 Å². The molecule has 0 aromatic heterocycles. The van der Waals surface area contributed by atoms with Crippen LogP contribution in [0.25, 0.3) is 11.1 Å². The van der Waals surface area contributed by atoms with Gasteiger partial charge in [-0.3, -0.25) is 4.79 Å². The van der Waals surface area contributed by atoms with E-state index < -0.39 is 23.4 Å². The Morgan fingerprint density at radius 1 is 1.03 bits per heavy atom. The number of rotatable bonds is 4. The number of hydrogen-bond acceptors (Lipinski definition) is 4. The number of nitrogens with zero attached hydrogens (tertiary/aromatic N) is 1. The Morgan fingerprint density at radius 3 is 2.24 bits per heavy atom. The minimum absolute atomic E-state index is 0.243. The Kier molecular flexibility index (Phi) is 6.90. The number of nitrogens with one attached hydrogen (secondary N) is 1. The molecule has 1 aliphatic heterocycles. The fourth-order valence-corrected chi connectivity index (χ4v) is 3.61. The Morgan fingerprint density at radius 2 is 1.67 bits per heavy atom. The van der Waals surface area contributed by atoms with Crippen molar-refractivity contribution in [3.8, 4) is 16.9 Å². The summed E-state index contributed by atoms with van der Waals surface area (Å²) in [6.45, 7) is 6.06. The molecule has 9 heteroatoms. The molecule has 6 nitrogen and oxygen atoms in total. The second kappa shape index (κ2) is 9.33. The van der Waals surface area contributed by atoms with Gasteiger partial charge in [0.05, 0.1) is 24.3 Å². The summed E-state index contributed by atoms with van der Waals surface area (Å²) in [6, 6.07) is 9.43. The van der Waals surface area contributed by atoms with Crippen LogP contribution in [0.2, 0.25) is 0 Å². The Labute approximate surface area is 190 Å². The summed E-state index contributed by atoms with van der Waals surface area (Å²) in [5, 5.41) is 2.78. The van der Waals surface area contributed by atoms with Crippen molar-refractivity contribution in [3.05, 3.63) is 53.6 Å². The number of ether oxygens (including phenoxy) is 2. The third-order valence-electron chi connectivity index (χ3n) is 5.17. The van der Waals surface area contributed by atoms with E-state index in [1.54, 1.807) is 43.9 Å². The maximum absolute atomic E-state index is 13.2. The molecular formula is C24H27F3N2O4. The summed E-state index contributed by atoms with van der Waals surface area (Å²) < 4.78 is 49.2. The molecule has 1 atom stereocenters. The Bertz CT molecular complexity index is 1010. The number of likely N-dealkylation sites (tertiary alicyclic amines) is 1. The van der Waals surface area contributed by atoms with Gasteiger partial charge in [-0.1, -0.05) is 18.2 Å². The quantitative estimate of drug-likeness (QED) is 0.682. The van der Waals surface area contributed by atoms with Crippen molar-refractivity contribution in [2.75, 3.05) is 20.2 Å². The largest absolute Gasteiger partial charge is 0.496 e. The topological polar surface area (TPSA) is 67.9 Å². The van der Waals surface area contributed by atoms with Gasteiger partial charge in [-0.25, -0.2) is 4.79 Å². The molecule has 1 heterocycles. The molecule has 2 aromatic carbocycles. The number of alkyl halides is 3. The van der Waals surface area contributed by atoms with Crippen LogP contribution in [-0.2, 0) is 10.9 Å². The molecule has 3 rings (SSSR count). The summed E-state index contributed by atoms with van der Waals surface area (Å²) in [6.07, 6.45) is -4.38. The van der Waals surface area contributed by atoms with Crippen LogP contribution in [0.3, 0.4) is 0 Å². The molecular weight excluding hydrogens is 437 g/mol. The van der Waals surface area contributed by atoms with Crippen LogP contribution >= 0.6 is 0 Å². The predicted octanol–water partition coefficient (Wildman–Crippen LogP) is 5.12. The lowest BCUT2D eigenvalue weighted by molar-refractivity contribution is -0.137. The zero-order valence-electron chi connectivity index (χ0n) is 19.0. The van der Waals surface area contributed by atoms with Gasteiger partial charge in [-0.15, -0.1) is 0 Å². The molecule has 1 fully saturated rings. The summed E-state index contributed by atoms with van der Waals surface area (Å²) in [5.74, 6) is 0.0771. The van der Waals surface area contributed by atoms with E-state index in [9.17, 15) is 22.8 Å². The summed E-state index contributed by atoms with van der Waals surface area (Å²) in [5.41, 5.74) is 0.0789. The molecule has 0 bridgehead atoms. The van der Waals surface area contributed by atoms with Crippen molar-refractivity contribution in [1.82, 2.24) is 10.2 Å². The van der Waals surface area contributed by atoms with Gasteiger partial charge in [0.15, 0.2) is 0 Å². The standard InChI is InChI=1S/C24H27F3N2O4/c1-23(2,3)33-22(31)28-18-11-12-29(14-18)21(30)19-13-16(7-10-20(19)32-4)15-5-8-17(9-6-15)24(25,26)27/h5-10,13,18H,11-12,14H2,1-4H3,(H,28,31)/t18-/m1/s1. The first-order valence-electron chi connectivity index (χ1n) is 10.5. The van der Waals surface area contributed by atoms with Gasteiger partial charge in [-0.05, 0) is 62.6 Å². The fourth-order valence-electron chi connectivity index (χ4n) is 3.61. The zero-order chi connectivity index (χ0) is 24.4. The highest BCUT2D eigenvalue weighted by atomic mass is 19.4. The van der Waals surface area contributed by atoms with E-state index in [1.165, 1.54) is 19.2 Å². The Balaban J connectivity index is 1.76. The third-order valence-corrected chi connectivity index (χ3v) is 5.17. The van der Waals surface area contributed by atoms with Crippen LogP contribution in [0.5, 0.6) is 5.75 Å². The van der Waals surface area contributed by atoms with Crippen LogP contribution in [0.1, 0.15) is 43.1 Å². The van der Waals surface area contributed by atoms with Gasteiger partial charge in [0.1, 0.15) is 11.4 Å². The number of carbonyl (C=O) groups excluding carboxylic acids is 2. The third kappa shape index (κ3) is 6.18. The van der Waals surface area contributed by atoms with Gasteiger partial charge in [0, 0.05) is 13.1 Å². The summed E-state index contributed by atoms with van der Waals surface area (Å²) in [4.78, 5) is 26.8. The molecule has 2 aromatic rings. The minimum Gasteiger partial charge on any atom is -0.496 e. The van der Waals surface area contributed by atoms with Crippen molar-refractivity contribution in [3.63, 3.8) is 0 Å². The van der Waals surface area contributed by atoms with Crippen LogP contribution in [-0.4, -0.2) is 48.7 Å². The monoisotopic (exact) mass is 464 g/mol. The van der Waals surface area contributed by atoms with Crippen molar-refractivity contribution >= 4 is 12.0 Å². The average Bonchev–Trinajstić information content (AvgIpc) is 3.19. The van der Waals surface area contributed by atoms with E-state index in [0.717, 1.165) is 12.1 Å². The number of benzene rings is 2. The normalized spacial score (nSPS) is 16.5. The second-order valence-electron chi connectivity index (χ2n) is 8.87. The first kappa shape index (κ1) is 24.4. The van der Waals surface area contributed by atoms with Gasteiger partial charge in [0.25, 0.3) is 5.91 Å². The molecule has 1 saturated heterocycles. The molecule has 0 spiro atoms. The van der Waals surface area contributed by atoms with E-state index >= 15 is 0 Å². The van der Waals surface area contributed by atoms with Crippen LogP contribution in [0.15, 0.2) is 42.5 Å². The fraction of sp³-hybridized carbons (Fsp3) is 0.417. The van der Waals surface area contributed by atoms with E-state index in [4.69, 9.17) is 9.47 Å². The SMILES string of the molecule is COc1ccc(-c2ccc(C(F)(F)F)cc2)cc1C(=O)N1CC[C@@H](NC(=O)OC(C)(C)C)C1. The highest BCUT2D eigenvalue weighted by Gasteiger charge is 2.31. The lowest BCUT2D eigenvalue weighted by atomic mass is 10.0. The van der Waals surface area contributed by atoms with Crippen molar-refractivity contribution in [2.45, 2.75) is 45.0 Å². The first-order chi connectivity index (χ1) is 15.4. The number of amides is 2. The van der Waals surface area contributed by atoms with Crippen molar-refractivity contribution in [2.24, 2.45) is 0 Å². The highest BCUT2D eigenvalue weighted by Crippen LogP contribution is 2.33. The lowest BCUT2D eigenvalue weighted by Crippen LogP contribution is -2.41. The zero-order valence-corrected chi connectivity index (χ0v) is 19.0. The number of halogens is 3. The number of hydrogen-bond donors (Lipinski definition) is 1. The van der Waals surface area contributed by atoms with Gasteiger partial charge >= 0.3 is 12.3 Å². The molecule has 0 saturated carbocycles. The van der Waals surface area contributed by atoms with Gasteiger partial charge in [0.2, 0.25) is 0 Å². The van der Waals surface area contributed by atoms with Crippen LogP contribution in [0.4, 0.5) is 18.0 Å². The molecule has 2 amide bonds. The minimum atomic E-state index is -4.42. The van der Waals surface area contributed by atoms with E-state index in [2.05, 4.69) is 5.32 Å². The second-order valence-corrected chi connectivity index (χ2v) is 8.87. The highest BCUT2D eigenvalue weighted by molar-refractivity contribution is 5.98. The van der Waals surface area contributed by atoms with Gasteiger partial charge < -0.3 is 19.7 Å². The molecule has 0 aliphatic carbocycles. The van der Waals surface area contributed by atoms with Crippen molar-refractivity contribution < 1.29 is 32.2 Å². The van der Waals surface area contributed by atoms with E-state index in [-0.39, 0.29) is 11.9 Å². The van der Waals surface area contributed by atoms with Gasteiger partial charge in [-0.2, -0.15) is 13.2 Å². The van der Waals surface area contributed by atoms with Crippen LogP contribution < -0.4 is 10.1 Å².